The maximum atomic E-state index is 12.5. The highest BCUT2D eigenvalue weighted by molar-refractivity contribution is 6.05. The maximum absolute atomic E-state index is 12.5. The molecular weight excluding hydrogens is 370 g/mol. The van der Waals surface area contributed by atoms with E-state index >= 15 is 0 Å². The van der Waals surface area contributed by atoms with Crippen molar-refractivity contribution in [3.05, 3.63) is 82.8 Å². The molecule has 1 heterocycles. The molecule has 4 aromatic rings. The number of anilines is 1. The highest BCUT2D eigenvalue weighted by Gasteiger charge is 2.18. The number of hydrogen-bond donors (Lipinski definition) is 1. The Morgan fingerprint density at radius 1 is 0.931 bits per heavy atom. The normalized spacial score (nSPS) is 10.8. The van der Waals surface area contributed by atoms with Crippen LogP contribution in [0.2, 0.25) is 0 Å². The first-order valence-corrected chi connectivity index (χ1v) is 8.95. The number of esters is 1. The lowest BCUT2D eigenvalue weighted by atomic mass is 10.1. The van der Waals surface area contributed by atoms with Crippen LogP contribution in [0.3, 0.4) is 0 Å². The van der Waals surface area contributed by atoms with Crippen molar-refractivity contribution in [1.82, 2.24) is 9.78 Å². The van der Waals surface area contributed by atoms with E-state index in [0.29, 0.717) is 16.5 Å². The van der Waals surface area contributed by atoms with Crippen molar-refractivity contribution in [2.75, 3.05) is 11.9 Å². The minimum absolute atomic E-state index is 0.0133. The lowest BCUT2D eigenvalue weighted by Crippen LogP contribution is -2.26. The van der Waals surface area contributed by atoms with E-state index in [1.807, 2.05) is 36.4 Å². The Balaban J connectivity index is 1.52. The monoisotopic (exact) mass is 387 g/mol. The average Bonchev–Trinajstić information content (AvgIpc) is 2.75. The summed E-state index contributed by atoms with van der Waals surface area (Å²) in [6.45, 7) is -0.471. The van der Waals surface area contributed by atoms with Crippen LogP contribution in [0.5, 0.6) is 0 Å². The number of rotatable bonds is 4. The molecule has 0 saturated carbocycles. The number of aryl methyl sites for hydroxylation is 1. The summed E-state index contributed by atoms with van der Waals surface area (Å²) in [6.07, 6.45) is 0. The van der Waals surface area contributed by atoms with Gasteiger partial charge in [0, 0.05) is 23.5 Å². The lowest BCUT2D eigenvalue weighted by Gasteiger charge is -2.10. The molecule has 1 amide bonds. The number of ether oxygens (including phenoxy) is 1. The quantitative estimate of drug-likeness (QED) is 0.544. The van der Waals surface area contributed by atoms with Gasteiger partial charge in [-0.2, -0.15) is 5.10 Å². The Morgan fingerprint density at radius 2 is 1.59 bits per heavy atom. The van der Waals surface area contributed by atoms with E-state index in [9.17, 15) is 14.4 Å². The third-order valence-corrected chi connectivity index (χ3v) is 4.55. The van der Waals surface area contributed by atoms with Crippen LogP contribution < -0.4 is 10.9 Å². The fourth-order valence-corrected chi connectivity index (χ4v) is 3.17. The first-order chi connectivity index (χ1) is 14.0. The van der Waals surface area contributed by atoms with Crippen molar-refractivity contribution >= 4 is 39.1 Å². The number of carbonyl (C=O) groups excluding carboxylic acids is 2. The molecule has 0 aliphatic rings. The van der Waals surface area contributed by atoms with E-state index in [-0.39, 0.29) is 11.3 Å². The summed E-state index contributed by atoms with van der Waals surface area (Å²) in [5.41, 5.74) is 0.307. The van der Waals surface area contributed by atoms with Gasteiger partial charge in [0.05, 0.1) is 5.39 Å². The molecule has 7 nitrogen and oxygen atoms in total. The second-order valence-corrected chi connectivity index (χ2v) is 6.47. The number of amides is 1. The summed E-state index contributed by atoms with van der Waals surface area (Å²) >= 11 is 0. The molecule has 0 spiro atoms. The number of hydrogen-bond acceptors (Lipinski definition) is 5. The predicted octanol–water partition coefficient (Wildman–Crippen LogP) is 2.88. The van der Waals surface area contributed by atoms with Gasteiger partial charge in [0.25, 0.3) is 11.5 Å². The summed E-state index contributed by atoms with van der Waals surface area (Å²) in [4.78, 5) is 37.0. The van der Waals surface area contributed by atoms with E-state index in [1.54, 1.807) is 30.3 Å². The van der Waals surface area contributed by atoms with Crippen molar-refractivity contribution in [2.24, 2.45) is 7.05 Å². The molecule has 29 heavy (non-hydrogen) atoms. The first kappa shape index (κ1) is 18.4. The molecular formula is C22H17N3O4. The van der Waals surface area contributed by atoms with Gasteiger partial charge in [0.15, 0.2) is 12.3 Å². The molecule has 0 saturated heterocycles. The molecule has 4 rings (SSSR count). The van der Waals surface area contributed by atoms with Crippen LogP contribution in [0.1, 0.15) is 10.5 Å². The number of nitrogens with one attached hydrogen (secondary N) is 1. The van der Waals surface area contributed by atoms with Crippen LogP contribution in [0.25, 0.3) is 21.5 Å². The van der Waals surface area contributed by atoms with E-state index in [2.05, 4.69) is 10.4 Å². The summed E-state index contributed by atoms with van der Waals surface area (Å²) in [5.74, 6) is -1.24. The van der Waals surface area contributed by atoms with E-state index < -0.39 is 18.5 Å². The van der Waals surface area contributed by atoms with Crippen LogP contribution >= 0.6 is 0 Å². The minimum Gasteiger partial charge on any atom is -0.451 e. The molecule has 0 radical (unpaired) electrons. The van der Waals surface area contributed by atoms with Gasteiger partial charge >= 0.3 is 5.97 Å². The Hall–Kier alpha value is -4.00. The highest BCUT2D eigenvalue weighted by atomic mass is 16.5. The van der Waals surface area contributed by atoms with Gasteiger partial charge in [-0.15, -0.1) is 0 Å². The molecule has 3 aromatic carbocycles. The number of carbonyl (C=O) groups is 2. The third-order valence-electron chi connectivity index (χ3n) is 4.55. The molecule has 7 heteroatoms. The number of fused-ring (bicyclic) bond motifs is 2. The molecule has 1 N–H and O–H groups in total. The Kier molecular flexibility index (Phi) is 4.78. The van der Waals surface area contributed by atoms with Crippen molar-refractivity contribution in [2.45, 2.75) is 0 Å². The fourth-order valence-electron chi connectivity index (χ4n) is 3.17. The molecule has 0 bridgehead atoms. The van der Waals surface area contributed by atoms with Gasteiger partial charge in [-0.05, 0) is 17.5 Å². The molecule has 0 atom stereocenters. The minimum atomic E-state index is -0.773. The van der Waals surface area contributed by atoms with Crippen molar-refractivity contribution in [3.8, 4) is 0 Å². The van der Waals surface area contributed by atoms with Gasteiger partial charge in [0.2, 0.25) is 0 Å². The smallest absolute Gasteiger partial charge is 0.359 e. The zero-order valence-corrected chi connectivity index (χ0v) is 15.6. The summed E-state index contributed by atoms with van der Waals surface area (Å²) in [6, 6.07) is 19.9. The van der Waals surface area contributed by atoms with Crippen molar-refractivity contribution in [3.63, 3.8) is 0 Å². The van der Waals surface area contributed by atoms with Gasteiger partial charge in [0.1, 0.15) is 0 Å². The van der Waals surface area contributed by atoms with E-state index in [1.165, 1.54) is 7.05 Å². The van der Waals surface area contributed by atoms with Gasteiger partial charge in [-0.3, -0.25) is 9.59 Å². The van der Waals surface area contributed by atoms with Crippen LogP contribution in [-0.2, 0) is 16.6 Å². The Morgan fingerprint density at radius 3 is 2.38 bits per heavy atom. The molecule has 0 aliphatic carbocycles. The van der Waals surface area contributed by atoms with Crippen molar-refractivity contribution < 1.29 is 14.3 Å². The van der Waals surface area contributed by atoms with Gasteiger partial charge < -0.3 is 10.1 Å². The second kappa shape index (κ2) is 7.55. The summed E-state index contributed by atoms with van der Waals surface area (Å²) in [5, 5.41) is 9.38. The predicted molar refractivity (Wildman–Crippen MR) is 110 cm³/mol. The van der Waals surface area contributed by atoms with Crippen LogP contribution in [0.4, 0.5) is 5.69 Å². The zero-order valence-electron chi connectivity index (χ0n) is 15.6. The fraction of sp³-hybridized carbons (Fsp3) is 0.0909. The third kappa shape index (κ3) is 3.58. The second-order valence-electron chi connectivity index (χ2n) is 6.47. The number of aromatic nitrogens is 2. The van der Waals surface area contributed by atoms with Crippen LogP contribution in [0, 0.1) is 0 Å². The zero-order chi connectivity index (χ0) is 20.4. The van der Waals surface area contributed by atoms with E-state index in [0.717, 1.165) is 15.5 Å². The van der Waals surface area contributed by atoms with Crippen LogP contribution in [0.15, 0.2) is 71.5 Å². The topological polar surface area (TPSA) is 90.3 Å². The summed E-state index contributed by atoms with van der Waals surface area (Å²) < 4.78 is 6.23. The molecule has 0 aliphatic heterocycles. The standard InChI is InChI=1S/C22H17N3O4/c1-25-21(27)17-11-5-4-10-16(17)20(24-25)22(28)29-13-19(26)23-18-12-6-8-14-7-2-3-9-15(14)18/h2-12H,13H2,1H3,(H,23,26). The first-order valence-electron chi connectivity index (χ1n) is 8.95. The highest BCUT2D eigenvalue weighted by Crippen LogP contribution is 2.22. The van der Waals surface area contributed by atoms with Gasteiger partial charge in [-0.1, -0.05) is 54.6 Å². The van der Waals surface area contributed by atoms with Gasteiger partial charge in [-0.25, -0.2) is 9.48 Å². The maximum Gasteiger partial charge on any atom is 0.359 e. The largest absolute Gasteiger partial charge is 0.451 e. The Labute approximate surface area is 165 Å². The molecule has 0 unspecified atom stereocenters. The molecule has 0 fully saturated rings. The number of nitrogens with zero attached hydrogens (tertiary/aromatic N) is 2. The van der Waals surface area contributed by atoms with Crippen LogP contribution in [-0.4, -0.2) is 28.3 Å². The Bertz CT molecular complexity index is 1310. The average molecular weight is 387 g/mol. The van der Waals surface area contributed by atoms with E-state index in [4.69, 9.17) is 4.74 Å². The molecule has 144 valence electrons. The lowest BCUT2D eigenvalue weighted by molar-refractivity contribution is -0.119. The number of benzene rings is 3. The van der Waals surface area contributed by atoms with Crippen molar-refractivity contribution in [1.29, 1.82) is 0 Å². The SMILES string of the molecule is Cn1nc(C(=O)OCC(=O)Nc2cccc3ccccc23)c2ccccc2c1=O. The summed E-state index contributed by atoms with van der Waals surface area (Å²) in [7, 11) is 1.46. The molecule has 1 aromatic heterocycles.